The molecule has 1 aliphatic carbocycles. The summed E-state index contributed by atoms with van der Waals surface area (Å²) in [6, 6.07) is 86.7. The lowest BCUT2D eigenvalue weighted by molar-refractivity contribution is 0.768. The molecule has 0 saturated heterocycles. The zero-order chi connectivity index (χ0) is 43.6. The number of anilines is 3. The molecule has 3 aromatic heterocycles. The lowest BCUT2D eigenvalue weighted by atomic mass is 9.67. The van der Waals surface area contributed by atoms with E-state index in [0.717, 1.165) is 45.1 Å². The van der Waals surface area contributed by atoms with Crippen LogP contribution in [0, 0.1) is 0 Å². The molecule has 12 aromatic rings. The van der Waals surface area contributed by atoms with E-state index in [-0.39, 0.29) is 0 Å². The number of fused-ring (bicyclic) bond motifs is 7. The summed E-state index contributed by atoms with van der Waals surface area (Å²) in [4.78, 5) is 6.73. The van der Waals surface area contributed by atoms with E-state index in [2.05, 4.69) is 262 Å². The minimum Gasteiger partial charge on any atom is -0.317 e. The van der Waals surface area contributed by atoms with Crippen LogP contribution in [0.15, 0.2) is 255 Å². The Kier molecular flexibility index (Phi) is 8.72. The normalized spacial score (nSPS) is 12.7. The lowest BCUT2D eigenvalue weighted by Crippen LogP contribution is -2.28. The zero-order valence-corrected chi connectivity index (χ0v) is 36.0. The Bertz CT molecular complexity index is 3690. The number of nitrogens with zero attached hydrogens (tertiary/aromatic N) is 4. The fourth-order valence-electron chi connectivity index (χ4n) is 10.8. The summed E-state index contributed by atoms with van der Waals surface area (Å²) >= 11 is 0. The Hall–Kier alpha value is -8.73. The predicted molar refractivity (Wildman–Crippen MR) is 273 cm³/mol. The largest absolute Gasteiger partial charge is 0.317 e. The molecule has 0 fully saturated rings. The standard InChI is InChI=1S/C62H42N4/c1-5-15-46(16-6-1)62(47-17-7-2-8-18-47)57-24-14-13-23-53(57)54-31-29-52(41-58(54)62)65(50-27-25-43(26-28-50)44-33-36-63-37-34-44)51-30-32-59-55(40-51)56-42-60-45(35-38-64(60)48-19-9-3-10-20-48)39-61(56)66(59)49-21-11-4-12-22-49/h1-42H. The second-order valence-electron chi connectivity index (χ2n) is 17.2. The number of rotatable bonds is 8. The highest BCUT2D eigenvalue weighted by Crippen LogP contribution is 2.57. The summed E-state index contributed by atoms with van der Waals surface area (Å²) in [5.41, 5.74) is 18.3. The van der Waals surface area contributed by atoms with Crippen molar-refractivity contribution in [3.8, 4) is 33.6 Å². The van der Waals surface area contributed by atoms with Gasteiger partial charge in [-0.3, -0.25) is 4.98 Å². The van der Waals surface area contributed by atoms with E-state index in [0.29, 0.717) is 0 Å². The van der Waals surface area contributed by atoms with Gasteiger partial charge in [-0.1, -0.05) is 140 Å². The van der Waals surface area contributed by atoms with E-state index in [4.69, 9.17) is 0 Å². The molecule has 0 unspecified atom stereocenters. The molecule has 66 heavy (non-hydrogen) atoms. The molecule has 0 spiro atoms. The van der Waals surface area contributed by atoms with Gasteiger partial charge in [0.15, 0.2) is 0 Å². The average Bonchev–Trinajstić information content (AvgIpc) is 4.05. The maximum atomic E-state index is 4.28. The molecular weight excluding hydrogens is 801 g/mol. The summed E-state index contributed by atoms with van der Waals surface area (Å²) in [7, 11) is 0. The predicted octanol–water partition coefficient (Wildman–Crippen LogP) is 15.6. The van der Waals surface area contributed by atoms with Gasteiger partial charge in [0.2, 0.25) is 0 Å². The number of benzene rings is 9. The van der Waals surface area contributed by atoms with Gasteiger partial charge in [0.25, 0.3) is 0 Å². The molecule has 4 nitrogen and oxygen atoms in total. The molecule has 0 saturated carbocycles. The molecule has 0 amide bonds. The summed E-state index contributed by atoms with van der Waals surface area (Å²) in [5.74, 6) is 0. The van der Waals surface area contributed by atoms with Gasteiger partial charge in [0.05, 0.1) is 22.0 Å². The Morgan fingerprint density at radius 3 is 1.65 bits per heavy atom. The smallest absolute Gasteiger partial charge is 0.0714 e. The first-order valence-electron chi connectivity index (χ1n) is 22.6. The summed E-state index contributed by atoms with van der Waals surface area (Å²) in [6.07, 6.45) is 5.90. The zero-order valence-electron chi connectivity index (χ0n) is 36.0. The van der Waals surface area contributed by atoms with E-state index in [1.807, 2.05) is 12.4 Å². The fourth-order valence-corrected chi connectivity index (χ4v) is 10.8. The van der Waals surface area contributed by atoms with E-state index in [1.165, 1.54) is 60.6 Å². The molecule has 13 rings (SSSR count). The highest BCUT2D eigenvalue weighted by Gasteiger charge is 2.46. The maximum Gasteiger partial charge on any atom is 0.0714 e. The van der Waals surface area contributed by atoms with E-state index < -0.39 is 5.41 Å². The molecule has 0 atom stereocenters. The van der Waals surface area contributed by atoms with Crippen molar-refractivity contribution in [3.63, 3.8) is 0 Å². The third kappa shape index (κ3) is 5.82. The summed E-state index contributed by atoms with van der Waals surface area (Å²) in [5, 5.41) is 3.58. The highest BCUT2D eigenvalue weighted by molar-refractivity contribution is 6.14. The van der Waals surface area contributed by atoms with Crippen molar-refractivity contribution in [2.24, 2.45) is 0 Å². The molecule has 4 heteroatoms. The lowest BCUT2D eigenvalue weighted by Gasteiger charge is -2.35. The summed E-state index contributed by atoms with van der Waals surface area (Å²) < 4.78 is 4.72. The van der Waals surface area contributed by atoms with Crippen LogP contribution in [-0.4, -0.2) is 14.1 Å². The Labute approximate surface area is 383 Å². The number of aromatic nitrogens is 3. The van der Waals surface area contributed by atoms with Gasteiger partial charge in [-0.25, -0.2) is 0 Å². The van der Waals surface area contributed by atoms with Crippen LogP contribution in [0.3, 0.4) is 0 Å². The molecule has 1 aliphatic rings. The number of hydrogen-bond donors (Lipinski definition) is 0. The number of hydrogen-bond acceptors (Lipinski definition) is 2. The average molecular weight is 843 g/mol. The van der Waals surface area contributed by atoms with Crippen LogP contribution in [0.4, 0.5) is 17.1 Å². The number of para-hydroxylation sites is 2. The highest BCUT2D eigenvalue weighted by atomic mass is 15.1. The first-order valence-corrected chi connectivity index (χ1v) is 22.6. The van der Waals surface area contributed by atoms with Gasteiger partial charge >= 0.3 is 0 Å². The van der Waals surface area contributed by atoms with E-state index >= 15 is 0 Å². The quantitative estimate of drug-likeness (QED) is 0.152. The first-order chi connectivity index (χ1) is 32.7. The summed E-state index contributed by atoms with van der Waals surface area (Å²) in [6.45, 7) is 0. The first kappa shape index (κ1) is 37.8. The van der Waals surface area contributed by atoms with Crippen LogP contribution < -0.4 is 4.90 Å². The van der Waals surface area contributed by atoms with Crippen LogP contribution >= 0.6 is 0 Å². The Morgan fingerprint density at radius 1 is 0.379 bits per heavy atom. The fraction of sp³-hybridized carbons (Fsp3) is 0.0161. The molecule has 0 N–H and O–H groups in total. The van der Waals surface area contributed by atoms with Crippen molar-refractivity contribution in [1.82, 2.24) is 14.1 Å². The van der Waals surface area contributed by atoms with Crippen LogP contribution in [0.5, 0.6) is 0 Å². The van der Waals surface area contributed by atoms with Crippen molar-refractivity contribution < 1.29 is 0 Å². The molecule has 0 radical (unpaired) electrons. The van der Waals surface area contributed by atoms with Crippen molar-refractivity contribution in [2.75, 3.05) is 4.90 Å². The Morgan fingerprint density at radius 2 is 0.939 bits per heavy atom. The molecule has 9 aromatic carbocycles. The molecule has 0 bridgehead atoms. The van der Waals surface area contributed by atoms with Crippen LogP contribution in [0.2, 0.25) is 0 Å². The third-order valence-corrected chi connectivity index (χ3v) is 13.7. The minimum absolute atomic E-state index is 0.534. The van der Waals surface area contributed by atoms with Crippen molar-refractivity contribution in [1.29, 1.82) is 0 Å². The second-order valence-corrected chi connectivity index (χ2v) is 17.2. The van der Waals surface area contributed by atoms with E-state index in [9.17, 15) is 0 Å². The minimum atomic E-state index is -0.534. The van der Waals surface area contributed by atoms with E-state index in [1.54, 1.807) is 0 Å². The van der Waals surface area contributed by atoms with Crippen molar-refractivity contribution >= 4 is 49.8 Å². The topological polar surface area (TPSA) is 26.0 Å². The van der Waals surface area contributed by atoms with Crippen molar-refractivity contribution in [3.05, 3.63) is 277 Å². The second kappa shape index (κ2) is 15.2. The van der Waals surface area contributed by atoms with Gasteiger partial charge in [-0.15, -0.1) is 0 Å². The van der Waals surface area contributed by atoms with Crippen LogP contribution in [-0.2, 0) is 5.41 Å². The van der Waals surface area contributed by atoms with Gasteiger partial charge in [0, 0.05) is 63.2 Å². The molecule has 310 valence electrons. The Balaban J connectivity index is 1.07. The maximum absolute atomic E-state index is 4.28. The van der Waals surface area contributed by atoms with Crippen molar-refractivity contribution in [2.45, 2.75) is 5.41 Å². The van der Waals surface area contributed by atoms with Crippen LogP contribution in [0.25, 0.3) is 66.3 Å². The van der Waals surface area contributed by atoms with Gasteiger partial charge < -0.3 is 14.0 Å². The monoisotopic (exact) mass is 842 g/mol. The van der Waals surface area contributed by atoms with Gasteiger partial charge in [0.1, 0.15) is 0 Å². The SMILES string of the molecule is c1ccc(-n2ccc3cc4c(cc32)c2cc(N(c3ccc(-c5ccncc5)cc3)c3ccc5c(c3)C(c3ccccc3)(c3ccccc3)c3ccccc3-5)ccc2n4-c2ccccc2)cc1. The van der Waals surface area contributed by atoms with Gasteiger partial charge in [-0.2, -0.15) is 0 Å². The molecular formula is C62H42N4. The van der Waals surface area contributed by atoms with Crippen LogP contribution in [0.1, 0.15) is 22.3 Å². The van der Waals surface area contributed by atoms with Gasteiger partial charge in [-0.05, 0) is 142 Å². The molecule has 3 heterocycles. The molecule has 0 aliphatic heterocycles. The third-order valence-electron chi connectivity index (χ3n) is 13.7. The number of pyridine rings is 1.